The van der Waals surface area contributed by atoms with Crippen LogP contribution in [-0.2, 0) is 4.74 Å². The summed E-state index contributed by atoms with van der Waals surface area (Å²) in [7, 11) is 0. The van der Waals surface area contributed by atoms with Gasteiger partial charge in [0.1, 0.15) is 0 Å². The molecule has 1 heterocycles. The molecule has 0 radical (unpaired) electrons. The molecule has 0 saturated carbocycles. The van der Waals surface area contributed by atoms with E-state index in [1.807, 2.05) is 0 Å². The van der Waals surface area contributed by atoms with Gasteiger partial charge in [-0.15, -0.1) is 0 Å². The number of morpholine rings is 1. The van der Waals surface area contributed by atoms with Crippen LogP contribution in [0.3, 0.4) is 0 Å². The monoisotopic (exact) mass is 242 g/mol. The summed E-state index contributed by atoms with van der Waals surface area (Å²) >= 11 is 0. The summed E-state index contributed by atoms with van der Waals surface area (Å²) in [5, 5.41) is 0. The lowest BCUT2D eigenvalue weighted by molar-refractivity contribution is -0.104. The van der Waals surface area contributed by atoms with Gasteiger partial charge in [-0.2, -0.15) is 0 Å². The van der Waals surface area contributed by atoms with Crippen molar-refractivity contribution in [3.8, 4) is 0 Å². The maximum absolute atomic E-state index is 6.12. The van der Waals surface area contributed by atoms with Crippen LogP contribution in [0.4, 0.5) is 0 Å². The van der Waals surface area contributed by atoms with Gasteiger partial charge in [0.25, 0.3) is 0 Å². The Morgan fingerprint density at radius 3 is 1.94 bits per heavy atom. The van der Waals surface area contributed by atoms with Crippen molar-refractivity contribution in [1.82, 2.24) is 4.90 Å². The zero-order chi connectivity index (χ0) is 12.9. The third-order valence-electron chi connectivity index (χ3n) is 3.90. The molecule has 0 aromatic heterocycles. The summed E-state index contributed by atoms with van der Waals surface area (Å²) in [6, 6.07) is 0. The molecule has 1 saturated heterocycles. The Balaban J connectivity index is 2.79. The highest BCUT2D eigenvalue weighted by Crippen LogP contribution is 2.29. The lowest BCUT2D eigenvalue weighted by Gasteiger charge is -2.48. The van der Waals surface area contributed by atoms with Crippen LogP contribution in [0.2, 0.25) is 0 Å². The standard InChI is InChI=1S/C14H30N2O/c1-5-7-14(11-15,8-6-2)16-9-12(3)17-13(4)10-16/h12-13H,5-11,15H2,1-4H3/t12-,13+. The Morgan fingerprint density at radius 1 is 1.12 bits per heavy atom. The molecule has 1 aliphatic rings. The van der Waals surface area contributed by atoms with Crippen molar-refractivity contribution in [3.63, 3.8) is 0 Å². The molecule has 0 amide bonds. The average molecular weight is 242 g/mol. The van der Waals surface area contributed by atoms with E-state index < -0.39 is 0 Å². The molecule has 1 rings (SSSR count). The van der Waals surface area contributed by atoms with Crippen LogP contribution in [-0.4, -0.2) is 42.3 Å². The first-order chi connectivity index (χ1) is 8.07. The second-order valence-corrected chi connectivity index (χ2v) is 5.59. The highest BCUT2D eigenvalue weighted by atomic mass is 16.5. The molecule has 3 nitrogen and oxygen atoms in total. The first-order valence-corrected chi connectivity index (χ1v) is 7.18. The fourth-order valence-electron chi connectivity index (χ4n) is 3.27. The number of hydrogen-bond acceptors (Lipinski definition) is 3. The fraction of sp³-hybridized carbons (Fsp3) is 1.00. The third-order valence-corrected chi connectivity index (χ3v) is 3.90. The summed E-state index contributed by atoms with van der Waals surface area (Å²) in [4.78, 5) is 2.60. The smallest absolute Gasteiger partial charge is 0.0678 e. The van der Waals surface area contributed by atoms with Gasteiger partial charge < -0.3 is 10.5 Å². The Kier molecular flexibility index (Phi) is 5.90. The minimum Gasteiger partial charge on any atom is -0.373 e. The van der Waals surface area contributed by atoms with Crippen molar-refractivity contribution in [2.75, 3.05) is 19.6 Å². The van der Waals surface area contributed by atoms with E-state index in [2.05, 4.69) is 32.6 Å². The predicted octanol–water partition coefficient (Wildman–Crippen LogP) is 2.39. The van der Waals surface area contributed by atoms with Crippen molar-refractivity contribution in [2.45, 2.75) is 71.1 Å². The molecule has 2 N–H and O–H groups in total. The molecule has 0 aliphatic carbocycles. The Labute approximate surface area is 107 Å². The van der Waals surface area contributed by atoms with Gasteiger partial charge in [-0.05, 0) is 26.7 Å². The number of ether oxygens (including phenoxy) is 1. The molecule has 102 valence electrons. The highest BCUT2D eigenvalue weighted by Gasteiger charge is 2.37. The summed E-state index contributed by atoms with van der Waals surface area (Å²) < 4.78 is 5.83. The van der Waals surface area contributed by atoms with Gasteiger partial charge in [-0.25, -0.2) is 0 Å². The van der Waals surface area contributed by atoms with Crippen molar-refractivity contribution in [2.24, 2.45) is 5.73 Å². The predicted molar refractivity (Wildman–Crippen MR) is 73.2 cm³/mol. The molecule has 0 bridgehead atoms. The minimum absolute atomic E-state index is 0.204. The van der Waals surface area contributed by atoms with E-state index in [0.717, 1.165) is 19.6 Å². The van der Waals surface area contributed by atoms with Crippen LogP contribution >= 0.6 is 0 Å². The summed E-state index contributed by atoms with van der Waals surface area (Å²) in [5.74, 6) is 0. The van der Waals surface area contributed by atoms with E-state index in [9.17, 15) is 0 Å². The summed E-state index contributed by atoms with van der Waals surface area (Å²) in [6.45, 7) is 11.7. The Hall–Kier alpha value is -0.120. The second kappa shape index (κ2) is 6.72. The molecule has 17 heavy (non-hydrogen) atoms. The van der Waals surface area contributed by atoms with Gasteiger partial charge in [0.15, 0.2) is 0 Å². The SMILES string of the molecule is CCCC(CN)(CCC)N1C[C@@H](C)O[C@@H](C)C1. The third kappa shape index (κ3) is 3.67. The first kappa shape index (κ1) is 14.9. The lowest BCUT2D eigenvalue weighted by atomic mass is 9.85. The fourth-order valence-corrected chi connectivity index (χ4v) is 3.27. The van der Waals surface area contributed by atoms with Crippen LogP contribution in [0, 0.1) is 0 Å². The maximum Gasteiger partial charge on any atom is 0.0678 e. The van der Waals surface area contributed by atoms with E-state index in [4.69, 9.17) is 10.5 Å². The van der Waals surface area contributed by atoms with Crippen LogP contribution in [0.25, 0.3) is 0 Å². The molecule has 0 aromatic rings. The van der Waals surface area contributed by atoms with Gasteiger partial charge in [-0.3, -0.25) is 4.90 Å². The van der Waals surface area contributed by atoms with E-state index in [1.54, 1.807) is 0 Å². The number of nitrogens with zero attached hydrogens (tertiary/aromatic N) is 1. The highest BCUT2D eigenvalue weighted by molar-refractivity contribution is 4.94. The van der Waals surface area contributed by atoms with Gasteiger partial charge in [0, 0.05) is 25.2 Å². The van der Waals surface area contributed by atoms with Gasteiger partial charge in [-0.1, -0.05) is 26.7 Å². The second-order valence-electron chi connectivity index (χ2n) is 5.59. The normalized spacial score (nSPS) is 27.4. The Bertz CT molecular complexity index is 204. The molecular weight excluding hydrogens is 212 g/mol. The number of nitrogens with two attached hydrogens (primary N) is 1. The van der Waals surface area contributed by atoms with E-state index in [0.29, 0.717) is 12.2 Å². The molecule has 1 aliphatic heterocycles. The molecule has 0 aromatic carbocycles. The molecular formula is C14H30N2O. The van der Waals surface area contributed by atoms with Gasteiger partial charge >= 0.3 is 0 Å². The Morgan fingerprint density at radius 2 is 1.59 bits per heavy atom. The zero-order valence-corrected chi connectivity index (χ0v) is 12.0. The zero-order valence-electron chi connectivity index (χ0n) is 12.0. The number of hydrogen-bond donors (Lipinski definition) is 1. The quantitative estimate of drug-likeness (QED) is 0.777. The first-order valence-electron chi connectivity index (χ1n) is 7.18. The molecule has 0 unspecified atom stereocenters. The lowest BCUT2D eigenvalue weighted by Crippen LogP contribution is -2.60. The van der Waals surface area contributed by atoms with Crippen molar-refractivity contribution in [3.05, 3.63) is 0 Å². The topological polar surface area (TPSA) is 38.5 Å². The van der Waals surface area contributed by atoms with Crippen molar-refractivity contribution < 1.29 is 4.74 Å². The van der Waals surface area contributed by atoms with Crippen LogP contribution in [0.5, 0.6) is 0 Å². The minimum atomic E-state index is 0.204. The van der Waals surface area contributed by atoms with E-state index in [-0.39, 0.29) is 5.54 Å². The maximum atomic E-state index is 6.12. The molecule has 2 atom stereocenters. The summed E-state index contributed by atoms with van der Waals surface area (Å²) in [5.41, 5.74) is 6.32. The van der Waals surface area contributed by atoms with Crippen molar-refractivity contribution in [1.29, 1.82) is 0 Å². The van der Waals surface area contributed by atoms with Gasteiger partial charge in [0.05, 0.1) is 12.2 Å². The van der Waals surface area contributed by atoms with Crippen LogP contribution < -0.4 is 5.73 Å². The molecule has 3 heteroatoms. The molecule has 1 fully saturated rings. The van der Waals surface area contributed by atoms with E-state index >= 15 is 0 Å². The van der Waals surface area contributed by atoms with Crippen LogP contribution in [0.1, 0.15) is 53.4 Å². The van der Waals surface area contributed by atoms with Crippen LogP contribution in [0.15, 0.2) is 0 Å². The van der Waals surface area contributed by atoms with Gasteiger partial charge in [0.2, 0.25) is 0 Å². The van der Waals surface area contributed by atoms with E-state index in [1.165, 1.54) is 25.7 Å². The average Bonchev–Trinajstić information content (AvgIpc) is 2.27. The largest absolute Gasteiger partial charge is 0.373 e. The number of rotatable bonds is 6. The molecule has 0 spiro atoms. The summed E-state index contributed by atoms with van der Waals surface area (Å²) in [6.07, 6.45) is 5.49. The van der Waals surface area contributed by atoms with Crippen molar-refractivity contribution >= 4 is 0 Å².